The van der Waals surface area contributed by atoms with Crippen LogP contribution >= 0.6 is 0 Å². The van der Waals surface area contributed by atoms with E-state index in [2.05, 4.69) is 10.5 Å². The predicted molar refractivity (Wildman–Crippen MR) is 76.7 cm³/mol. The minimum Gasteiger partial charge on any atom is -0.490 e. The van der Waals surface area contributed by atoms with E-state index in [1.165, 1.54) is 0 Å². The summed E-state index contributed by atoms with van der Waals surface area (Å²) in [5.41, 5.74) is 2.76. The van der Waals surface area contributed by atoms with Gasteiger partial charge in [0.1, 0.15) is 11.9 Å². The van der Waals surface area contributed by atoms with Gasteiger partial charge in [-0.2, -0.15) is 0 Å². The molecule has 1 aromatic carbocycles. The number of carbonyl (C=O) groups excluding carboxylic acids is 1. The highest BCUT2D eigenvalue weighted by Gasteiger charge is 2.28. The molecule has 1 fully saturated rings. The number of hydrogen-bond donors (Lipinski definition) is 1. The first-order valence-electron chi connectivity index (χ1n) is 7.26. The predicted octanol–water partition coefficient (Wildman–Crippen LogP) is 3.13. The summed E-state index contributed by atoms with van der Waals surface area (Å²) < 4.78 is 10.8. The van der Waals surface area contributed by atoms with Crippen molar-refractivity contribution in [1.29, 1.82) is 0 Å². The molecule has 0 spiro atoms. The number of anilines is 1. The molecule has 2 aliphatic rings. The van der Waals surface area contributed by atoms with Gasteiger partial charge in [0.15, 0.2) is 0 Å². The van der Waals surface area contributed by atoms with Crippen LogP contribution in [0.2, 0.25) is 0 Å². The molecule has 1 N–H and O–H groups in total. The summed E-state index contributed by atoms with van der Waals surface area (Å²) >= 11 is 0. The Kier molecular flexibility index (Phi) is 2.74. The van der Waals surface area contributed by atoms with E-state index in [0.717, 1.165) is 42.0 Å². The Morgan fingerprint density at radius 2 is 2.19 bits per heavy atom. The summed E-state index contributed by atoms with van der Waals surface area (Å²) in [5, 5.41) is 6.80. The Balaban J connectivity index is 1.50. The third kappa shape index (κ3) is 2.39. The van der Waals surface area contributed by atoms with Crippen LogP contribution in [-0.4, -0.2) is 17.2 Å². The quantitative estimate of drug-likeness (QED) is 0.940. The summed E-state index contributed by atoms with van der Waals surface area (Å²) in [6.45, 7) is 2.03. The van der Waals surface area contributed by atoms with E-state index in [9.17, 15) is 4.79 Å². The Morgan fingerprint density at radius 3 is 3.00 bits per heavy atom. The number of fused-ring (bicyclic) bond motifs is 1. The van der Waals surface area contributed by atoms with Crippen molar-refractivity contribution in [2.75, 3.05) is 5.32 Å². The first-order chi connectivity index (χ1) is 10.2. The zero-order valence-electron chi connectivity index (χ0n) is 11.8. The first kappa shape index (κ1) is 12.4. The molecular weight excluding hydrogens is 268 g/mol. The van der Waals surface area contributed by atoms with Gasteiger partial charge < -0.3 is 14.6 Å². The van der Waals surface area contributed by atoms with Crippen molar-refractivity contribution in [1.82, 2.24) is 5.16 Å². The van der Waals surface area contributed by atoms with E-state index in [4.69, 9.17) is 9.26 Å². The third-order valence-electron chi connectivity index (χ3n) is 3.90. The third-order valence-corrected chi connectivity index (χ3v) is 3.90. The van der Waals surface area contributed by atoms with Crippen molar-refractivity contribution < 1.29 is 14.1 Å². The number of carbonyl (C=O) groups is 1. The van der Waals surface area contributed by atoms with Gasteiger partial charge in [-0.15, -0.1) is 0 Å². The summed E-state index contributed by atoms with van der Waals surface area (Å²) in [5.74, 6) is 1.38. The van der Waals surface area contributed by atoms with E-state index in [-0.39, 0.29) is 17.8 Å². The fourth-order valence-electron chi connectivity index (χ4n) is 2.66. The SMILES string of the molecule is CC1Cc2cc(NC(=O)c3cc(C4CC4)no3)ccc2O1. The maximum Gasteiger partial charge on any atom is 0.294 e. The standard InChI is InChI=1S/C16H16N2O3/c1-9-6-11-7-12(4-5-14(11)20-9)17-16(19)15-8-13(18-21-15)10-2-3-10/h4-5,7-10H,2-3,6H2,1H3,(H,17,19). The van der Waals surface area contributed by atoms with E-state index in [0.29, 0.717) is 5.92 Å². The Bertz CT molecular complexity index is 703. The van der Waals surface area contributed by atoms with E-state index in [1.807, 2.05) is 25.1 Å². The number of ether oxygens (including phenoxy) is 1. The lowest BCUT2D eigenvalue weighted by molar-refractivity contribution is 0.0988. The van der Waals surface area contributed by atoms with Crippen molar-refractivity contribution in [3.8, 4) is 5.75 Å². The Hall–Kier alpha value is -2.30. The summed E-state index contributed by atoms with van der Waals surface area (Å²) in [4.78, 5) is 12.2. The fraction of sp³-hybridized carbons (Fsp3) is 0.375. The number of benzene rings is 1. The molecule has 1 unspecified atom stereocenters. The van der Waals surface area contributed by atoms with Crippen LogP contribution in [0, 0.1) is 0 Å². The van der Waals surface area contributed by atoms with Gasteiger partial charge in [0.05, 0.1) is 5.69 Å². The van der Waals surface area contributed by atoms with Crippen molar-refractivity contribution in [3.63, 3.8) is 0 Å². The zero-order valence-corrected chi connectivity index (χ0v) is 11.8. The van der Waals surface area contributed by atoms with Crippen LogP contribution in [0.25, 0.3) is 0 Å². The molecule has 5 heteroatoms. The molecule has 0 bridgehead atoms. The molecule has 2 aromatic rings. The highest BCUT2D eigenvalue weighted by atomic mass is 16.5. The van der Waals surface area contributed by atoms with Crippen LogP contribution in [0.15, 0.2) is 28.8 Å². The smallest absolute Gasteiger partial charge is 0.294 e. The highest BCUT2D eigenvalue weighted by molar-refractivity contribution is 6.02. The minimum atomic E-state index is -0.263. The molecule has 1 aromatic heterocycles. The number of hydrogen-bond acceptors (Lipinski definition) is 4. The minimum absolute atomic E-state index is 0.196. The van der Waals surface area contributed by atoms with Crippen LogP contribution in [-0.2, 0) is 6.42 Å². The highest BCUT2D eigenvalue weighted by Crippen LogP contribution is 2.39. The average Bonchev–Trinajstić information content (AvgIpc) is 3.06. The van der Waals surface area contributed by atoms with Gasteiger partial charge in [0.2, 0.25) is 5.76 Å². The summed E-state index contributed by atoms with van der Waals surface area (Å²) in [7, 11) is 0. The monoisotopic (exact) mass is 284 g/mol. The van der Waals surface area contributed by atoms with Crippen LogP contribution in [0.1, 0.15) is 47.5 Å². The normalized spacial score (nSPS) is 20.0. The van der Waals surface area contributed by atoms with Crippen LogP contribution < -0.4 is 10.1 Å². The topological polar surface area (TPSA) is 64.4 Å². The molecule has 2 heterocycles. The van der Waals surface area contributed by atoms with Gasteiger partial charge in [-0.1, -0.05) is 5.16 Å². The van der Waals surface area contributed by atoms with Gasteiger partial charge in [-0.25, -0.2) is 0 Å². The van der Waals surface area contributed by atoms with Crippen molar-refractivity contribution in [2.45, 2.75) is 38.2 Å². The van der Waals surface area contributed by atoms with Crippen molar-refractivity contribution in [2.24, 2.45) is 0 Å². The van der Waals surface area contributed by atoms with Crippen molar-refractivity contribution >= 4 is 11.6 Å². The maximum atomic E-state index is 12.2. The van der Waals surface area contributed by atoms with E-state index >= 15 is 0 Å². The van der Waals surface area contributed by atoms with Crippen LogP contribution in [0.4, 0.5) is 5.69 Å². The number of nitrogens with one attached hydrogen (secondary N) is 1. The van der Waals surface area contributed by atoms with E-state index < -0.39 is 0 Å². The van der Waals surface area contributed by atoms with Gasteiger partial charge in [-0.05, 0) is 43.5 Å². The number of amides is 1. The second-order valence-electron chi connectivity index (χ2n) is 5.80. The number of nitrogens with zero attached hydrogens (tertiary/aromatic N) is 1. The lowest BCUT2D eigenvalue weighted by Crippen LogP contribution is -2.11. The second kappa shape index (κ2) is 4.62. The second-order valence-corrected chi connectivity index (χ2v) is 5.80. The van der Waals surface area contributed by atoms with Gasteiger partial charge in [-0.3, -0.25) is 4.79 Å². The Morgan fingerprint density at radius 1 is 1.33 bits per heavy atom. The van der Waals surface area contributed by atoms with E-state index in [1.54, 1.807) is 6.07 Å². The molecule has 1 amide bonds. The molecule has 1 aliphatic heterocycles. The summed E-state index contributed by atoms with van der Waals surface area (Å²) in [6, 6.07) is 7.43. The molecule has 4 rings (SSSR count). The zero-order chi connectivity index (χ0) is 14.4. The average molecular weight is 284 g/mol. The molecule has 1 atom stereocenters. The molecule has 5 nitrogen and oxygen atoms in total. The lowest BCUT2D eigenvalue weighted by Gasteiger charge is -2.05. The van der Waals surface area contributed by atoms with Crippen LogP contribution in [0.5, 0.6) is 5.75 Å². The lowest BCUT2D eigenvalue weighted by atomic mass is 10.1. The van der Waals surface area contributed by atoms with Gasteiger partial charge >= 0.3 is 0 Å². The molecule has 1 aliphatic carbocycles. The molecule has 1 saturated carbocycles. The first-order valence-corrected chi connectivity index (χ1v) is 7.26. The molecule has 21 heavy (non-hydrogen) atoms. The largest absolute Gasteiger partial charge is 0.490 e. The maximum absolute atomic E-state index is 12.2. The molecule has 0 saturated heterocycles. The van der Waals surface area contributed by atoms with Gasteiger partial charge in [0, 0.05) is 24.1 Å². The Labute approximate surface area is 122 Å². The summed E-state index contributed by atoms with van der Waals surface area (Å²) in [6.07, 6.45) is 3.33. The molecular formula is C16H16N2O3. The molecule has 0 radical (unpaired) electrons. The van der Waals surface area contributed by atoms with Gasteiger partial charge in [0.25, 0.3) is 5.91 Å². The number of rotatable bonds is 3. The molecule has 108 valence electrons. The fourth-order valence-corrected chi connectivity index (χ4v) is 2.66. The number of aromatic nitrogens is 1. The van der Waals surface area contributed by atoms with Crippen LogP contribution in [0.3, 0.4) is 0 Å². The van der Waals surface area contributed by atoms with Crippen molar-refractivity contribution in [3.05, 3.63) is 41.3 Å².